The van der Waals surface area contributed by atoms with Crippen molar-refractivity contribution >= 4 is 5.82 Å². The Bertz CT molecular complexity index is 436. The van der Waals surface area contributed by atoms with E-state index in [9.17, 15) is 0 Å². The summed E-state index contributed by atoms with van der Waals surface area (Å²) >= 11 is 0. The molecule has 0 saturated heterocycles. The van der Waals surface area contributed by atoms with Crippen LogP contribution in [0.25, 0.3) is 0 Å². The maximum Gasteiger partial charge on any atom is 0.128 e. The second kappa shape index (κ2) is 4.79. The molecule has 0 aliphatic carbocycles. The Morgan fingerprint density at radius 1 is 1.31 bits per heavy atom. The van der Waals surface area contributed by atoms with E-state index >= 15 is 0 Å². The molecule has 2 aromatic rings. The number of nitrogens with zero attached hydrogens (tertiary/aromatic N) is 4. The topological polar surface area (TPSA) is 34.0 Å². The zero-order valence-corrected chi connectivity index (χ0v) is 9.67. The number of aromatic nitrogens is 3. The van der Waals surface area contributed by atoms with Crippen LogP contribution in [0.4, 0.5) is 5.82 Å². The fourth-order valence-corrected chi connectivity index (χ4v) is 1.54. The van der Waals surface area contributed by atoms with Crippen LogP contribution in [0.3, 0.4) is 0 Å². The SMILES string of the molecule is Cc1cccc(N(C)CCn2cccn2)n1. The minimum atomic E-state index is 0.874. The quantitative estimate of drug-likeness (QED) is 0.780. The molecule has 84 valence electrons. The fourth-order valence-electron chi connectivity index (χ4n) is 1.54. The molecular weight excluding hydrogens is 200 g/mol. The Labute approximate surface area is 95.5 Å². The van der Waals surface area contributed by atoms with Crippen molar-refractivity contribution < 1.29 is 0 Å². The van der Waals surface area contributed by atoms with Gasteiger partial charge in [-0.05, 0) is 25.1 Å². The van der Waals surface area contributed by atoms with Crippen molar-refractivity contribution in [3.63, 3.8) is 0 Å². The van der Waals surface area contributed by atoms with Crippen LogP contribution in [0.1, 0.15) is 5.69 Å². The minimum absolute atomic E-state index is 0.874. The number of rotatable bonds is 4. The lowest BCUT2D eigenvalue weighted by Crippen LogP contribution is -2.23. The molecule has 0 saturated carbocycles. The molecule has 0 spiro atoms. The second-order valence-electron chi connectivity index (χ2n) is 3.83. The van der Waals surface area contributed by atoms with Gasteiger partial charge in [-0.25, -0.2) is 4.98 Å². The number of hydrogen-bond acceptors (Lipinski definition) is 3. The average Bonchev–Trinajstić information content (AvgIpc) is 2.78. The first kappa shape index (κ1) is 10.7. The van der Waals surface area contributed by atoms with E-state index in [4.69, 9.17) is 0 Å². The van der Waals surface area contributed by atoms with Crippen LogP contribution in [0.2, 0.25) is 0 Å². The van der Waals surface area contributed by atoms with Crippen molar-refractivity contribution in [3.05, 3.63) is 42.4 Å². The summed E-state index contributed by atoms with van der Waals surface area (Å²) in [6.45, 7) is 3.78. The van der Waals surface area contributed by atoms with Gasteiger partial charge in [0.2, 0.25) is 0 Å². The summed E-state index contributed by atoms with van der Waals surface area (Å²) in [5.74, 6) is 1.01. The third-order valence-electron chi connectivity index (χ3n) is 2.49. The Balaban J connectivity index is 1.95. The lowest BCUT2D eigenvalue weighted by atomic mass is 10.3. The van der Waals surface area contributed by atoms with Crippen molar-refractivity contribution in [1.82, 2.24) is 14.8 Å². The van der Waals surface area contributed by atoms with Crippen LogP contribution in [0.15, 0.2) is 36.7 Å². The lowest BCUT2D eigenvalue weighted by molar-refractivity contribution is 0.609. The molecule has 0 unspecified atom stereocenters. The van der Waals surface area contributed by atoms with Gasteiger partial charge >= 0.3 is 0 Å². The molecule has 2 rings (SSSR count). The highest BCUT2D eigenvalue weighted by atomic mass is 15.3. The molecular formula is C12H16N4. The summed E-state index contributed by atoms with van der Waals surface area (Å²) in [5.41, 5.74) is 1.04. The highest BCUT2D eigenvalue weighted by molar-refractivity contribution is 5.37. The molecule has 0 atom stereocenters. The Kier molecular flexibility index (Phi) is 3.19. The summed E-state index contributed by atoms with van der Waals surface area (Å²) in [6.07, 6.45) is 3.77. The zero-order chi connectivity index (χ0) is 11.4. The first-order valence-electron chi connectivity index (χ1n) is 5.38. The van der Waals surface area contributed by atoms with Crippen LogP contribution in [0, 0.1) is 6.92 Å². The van der Waals surface area contributed by atoms with Crippen LogP contribution in [-0.2, 0) is 6.54 Å². The number of pyridine rings is 1. The normalized spacial score (nSPS) is 10.4. The largest absolute Gasteiger partial charge is 0.358 e. The van der Waals surface area contributed by atoms with Gasteiger partial charge in [-0.3, -0.25) is 4.68 Å². The monoisotopic (exact) mass is 216 g/mol. The average molecular weight is 216 g/mol. The summed E-state index contributed by atoms with van der Waals surface area (Å²) in [6, 6.07) is 7.99. The molecule has 2 aromatic heterocycles. The van der Waals surface area contributed by atoms with Crippen molar-refractivity contribution in [3.8, 4) is 0 Å². The van der Waals surface area contributed by atoms with Crippen LogP contribution in [-0.4, -0.2) is 28.4 Å². The number of anilines is 1. The molecule has 16 heavy (non-hydrogen) atoms. The van der Waals surface area contributed by atoms with Crippen molar-refractivity contribution in [2.45, 2.75) is 13.5 Å². The molecule has 0 fully saturated rings. The van der Waals surface area contributed by atoms with E-state index in [2.05, 4.69) is 15.0 Å². The number of hydrogen-bond donors (Lipinski definition) is 0. The zero-order valence-electron chi connectivity index (χ0n) is 9.67. The number of likely N-dealkylation sites (N-methyl/N-ethyl adjacent to an activating group) is 1. The van der Waals surface area contributed by atoms with Gasteiger partial charge < -0.3 is 4.90 Å². The third kappa shape index (κ3) is 2.59. The standard InChI is InChI=1S/C12H16N4/c1-11-5-3-6-12(14-11)15(2)9-10-16-8-4-7-13-16/h3-8H,9-10H2,1-2H3. The highest BCUT2D eigenvalue weighted by Crippen LogP contribution is 2.08. The van der Waals surface area contributed by atoms with Gasteiger partial charge in [-0.2, -0.15) is 5.10 Å². The molecule has 0 aliphatic rings. The van der Waals surface area contributed by atoms with E-state index in [-0.39, 0.29) is 0 Å². The molecule has 0 aromatic carbocycles. The van der Waals surface area contributed by atoms with Gasteiger partial charge in [0, 0.05) is 31.7 Å². The maximum absolute atomic E-state index is 4.47. The van der Waals surface area contributed by atoms with Gasteiger partial charge in [0.25, 0.3) is 0 Å². The predicted molar refractivity (Wildman–Crippen MR) is 64.5 cm³/mol. The molecule has 0 bridgehead atoms. The highest BCUT2D eigenvalue weighted by Gasteiger charge is 2.02. The second-order valence-corrected chi connectivity index (χ2v) is 3.83. The maximum atomic E-state index is 4.47. The Morgan fingerprint density at radius 2 is 2.19 bits per heavy atom. The summed E-state index contributed by atoms with van der Waals surface area (Å²) in [5, 5.41) is 4.17. The van der Waals surface area contributed by atoms with E-state index in [0.29, 0.717) is 0 Å². The van der Waals surface area contributed by atoms with Crippen molar-refractivity contribution in [2.24, 2.45) is 0 Å². The first-order chi connectivity index (χ1) is 7.75. The van der Waals surface area contributed by atoms with Crippen molar-refractivity contribution in [2.75, 3.05) is 18.5 Å². The van der Waals surface area contributed by atoms with E-state index < -0.39 is 0 Å². The van der Waals surface area contributed by atoms with Crippen LogP contribution < -0.4 is 4.90 Å². The minimum Gasteiger partial charge on any atom is -0.358 e. The van der Waals surface area contributed by atoms with Crippen molar-refractivity contribution in [1.29, 1.82) is 0 Å². The molecule has 0 aliphatic heterocycles. The third-order valence-corrected chi connectivity index (χ3v) is 2.49. The predicted octanol–water partition coefficient (Wildman–Crippen LogP) is 1.72. The summed E-state index contributed by atoms with van der Waals surface area (Å²) in [4.78, 5) is 6.60. The van der Waals surface area contributed by atoms with E-state index in [0.717, 1.165) is 24.6 Å². The molecule has 0 N–H and O–H groups in total. The van der Waals surface area contributed by atoms with Gasteiger partial charge in [0.05, 0.1) is 6.54 Å². The van der Waals surface area contributed by atoms with Gasteiger partial charge in [-0.15, -0.1) is 0 Å². The number of aryl methyl sites for hydroxylation is 1. The smallest absolute Gasteiger partial charge is 0.128 e. The van der Waals surface area contributed by atoms with E-state index in [1.54, 1.807) is 6.20 Å². The van der Waals surface area contributed by atoms with E-state index in [1.807, 2.05) is 49.1 Å². The van der Waals surface area contributed by atoms with Crippen LogP contribution in [0.5, 0.6) is 0 Å². The Hall–Kier alpha value is -1.84. The lowest BCUT2D eigenvalue weighted by Gasteiger charge is -2.18. The Morgan fingerprint density at radius 3 is 2.88 bits per heavy atom. The summed E-state index contributed by atoms with van der Waals surface area (Å²) < 4.78 is 1.92. The van der Waals surface area contributed by atoms with Gasteiger partial charge in [-0.1, -0.05) is 6.07 Å². The van der Waals surface area contributed by atoms with E-state index in [1.165, 1.54) is 0 Å². The molecule has 4 nitrogen and oxygen atoms in total. The molecule has 0 amide bonds. The fraction of sp³-hybridized carbons (Fsp3) is 0.333. The first-order valence-corrected chi connectivity index (χ1v) is 5.38. The van der Waals surface area contributed by atoms with Gasteiger partial charge in [0.15, 0.2) is 0 Å². The van der Waals surface area contributed by atoms with Crippen LogP contribution >= 0.6 is 0 Å². The molecule has 4 heteroatoms. The van der Waals surface area contributed by atoms with Gasteiger partial charge in [0.1, 0.15) is 5.82 Å². The molecule has 0 radical (unpaired) electrons. The molecule has 2 heterocycles. The summed E-state index contributed by atoms with van der Waals surface area (Å²) in [7, 11) is 2.05.